The summed E-state index contributed by atoms with van der Waals surface area (Å²) in [7, 11) is 2.69. The predicted molar refractivity (Wildman–Crippen MR) is 126 cm³/mol. The van der Waals surface area contributed by atoms with Crippen molar-refractivity contribution in [3.05, 3.63) is 53.3 Å². The summed E-state index contributed by atoms with van der Waals surface area (Å²) in [5.41, 5.74) is 0.418. The molecule has 0 atom stereocenters. The number of methoxy groups -OCH3 is 2. The van der Waals surface area contributed by atoms with Gasteiger partial charge in [0, 0.05) is 31.6 Å². The molecule has 0 bridgehead atoms. The fourth-order valence-electron chi connectivity index (χ4n) is 3.28. The molecule has 0 saturated carbocycles. The van der Waals surface area contributed by atoms with E-state index >= 15 is 0 Å². The van der Waals surface area contributed by atoms with Gasteiger partial charge in [-0.25, -0.2) is 9.18 Å². The smallest absolute Gasteiger partial charge is 0.340 e. The first-order valence-corrected chi connectivity index (χ1v) is 11.1. The molecule has 1 N–H and O–H groups in total. The SMILES string of the molecule is CCCN(CCCOc1cc(C(=O)OC)c(NC(=O)CC)cc1OC)C(=O)c1ccccc1F. The summed E-state index contributed by atoms with van der Waals surface area (Å²) in [4.78, 5) is 38.4. The number of carbonyl (C=O) groups is 3. The number of carbonyl (C=O) groups excluding carboxylic acids is 3. The van der Waals surface area contributed by atoms with Gasteiger partial charge in [-0.05, 0) is 25.0 Å². The predicted octanol–water partition coefficient (Wildman–Crippen LogP) is 4.29. The Morgan fingerprint density at radius 1 is 1.00 bits per heavy atom. The minimum absolute atomic E-state index is 0.0333. The first-order valence-electron chi connectivity index (χ1n) is 11.1. The Morgan fingerprint density at radius 2 is 1.74 bits per heavy atom. The number of hydrogen-bond donors (Lipinski definition) is 1. The molecule has 0 spiro atoms. The Bertz CT molecular complexity index is 1010. The molecule has 9 heteroatoms. The summed E-state index contributed by atoms with van der Waals surface area (Å²) < 4.78 is 30.1. The Balaban J connectivity index is 2.12. The maximum Gasteiger partial charge on any atom is 0.340 e. The number of ether oxygens (including phenoxy) is 3. The van der Waals surface area contributed by atoms with Gasteiger partial charge in [-0.2, -0.15) is 0 Å². The van der Waals surface area contributed by atoms with Crippen molar-refractivity contribution in [2.75, 3.05) is 39.2 Å². The molecule has 2 rings (SSSR count). The van der Waals surface area contributed by atoms with Crippen LogP contribution in [0, 0.1) is 5.82 Å². The lowest BCUT2D eigenvalue weighted by Crippen LogP contribution is -2.34. The normalized spacial score (nSPS) is 10.4. The molecule has 0 aliphatic heterocycles. The molecule has 0 aliphatic rings. The largest absolute Gasteiger partial charge is 0.493 e. The van der Waals surface area contributed by atoms with Crippen molar-refractivity contribution in [1.29, 1.82) is 0 Å². The van der Waals surface area contributed by atoms with E-state index in [0.717, 1.165) is 6.42 Å². The second-order valence-electron chi connectivity index (χ2n) is 7.42. The van der Waals surface area contributed by atoms with Gasteiger partial charge in [0.1, 0.15) is 5.82 Å². The van der Waals surface area contributed by atoms with Crippen LogP contribution in [0.3, 0.4) is 0 Å². The van der Waals surface area contributed by atoms with Gasteiger partial charge in [-0.1, -0.05) is 26.0 Å². The summed E-state index contributed by atoms with van der Waals surface area (Å²) >= 11 is 0. The highest BCUT2D eigenvalue weighted by atomic mass is 19.1. The molecular weight excluding hydrogens is 443 g/mol. The van der Waals surface area contributed by atoms with Crippen LogP contribution in [0.25, 0.3) is 0 Å². The number of rotatable bonds is 12. The molecule has 0 aromatic heterocycles. The second-order valence-corrected chi connectivity index (χ2v) is 7.42. The first-order chi connectivity index (χ1) is 16.4. The lowest BCUT2D eigenvalue weighted by Gasteiger charge is -2.23. The summed E-state index contributed by atoms with van der Waals surface area (Å²) in [6.07, 6.45) is 1.43. The van der Waals surface area contributed by atoms with Crippen LogP contribution in [0.4, 0.5) is 10.1 Å². The molecule has 2 aromatic rings. The van der Waals surface area contributed by atoms with Crippen LogP contribution in [-0.4, -0.2) is 56.6 Å². The number of hydrogen-bond acceptors (Lipinski definition) is 6. The fourth-order valence-corrected chi connectivity index (χ4v) is 3.28. The molecule has 0 saturated heterocycles. The van der Waals surface area contributed by atoms with Crippen molar-refractivity contribution in [2.45, 2.75) is 33.1 Å². The van der Waals surface area contributed by atoms with Crippen molar-refractivity contribution in [3.8, 4) is 11.5 Å². The Hall–Kier alpha value is -3.62. The van der Waals surface area contributed by atoms with Gasteiger partial charge in [-0.3, -0.25) is 9.59 Å². The maximum absolute atomic E-state index is 14.1. The van der Waals surface area contributed by atoms with Crippen LogP contribution in [0.5, 0.6) is 11.5 Å². The van der Waals surface area contributed by atoms with Crippen LogP contribution in [0.2, 0.25) is 0 Å². The molecule has 0 aliphatic carbocycles. The molecule has 0 heterocycles. The Kier molecular flexibility index (Phi) is 10.3. The van der Waals surface area contributed by atoms with E-state index in [0.29, 0.717) is 31.0 Å². The summed E-state index contributed by atoms with van der Waals surface area (Å²) in [5, 5.41) is 2.66. The van der Waals surface area contributed by atoms with E-state index < -0.39 is 11.8 Å². The van der Waals surface area contributed by atoms with Crippen molar-refractivity contribution < 1.29 is 33.0 Å². The highest BCUT2D eigenvalue weighted by molar-refractivity contribution is 6.02. The molecule has 8 nitrogen and oxygen atoms in total. The standard InChI is InChI=1S/C25H31FN2O6/c1-5-12-28(24(30)17-10-7-8-11-19(17)26)13-9-14-34-22-15-18(25(31)33-4)20(16-21(22)32-3)27-23(29)6-2/h7-8,10-11,15-16H,5-6,9,12-14H2,1-4H3,(H,27,29). The lowest BCUT2D eigenvalue weighted by molar-refractivity contribution is -0.115. The number of amides is 2. The molecule has 0 radical (unpaired) electrons. The quantitative estimate of drug-likeness (QED) is 0.364. The van der Waals surface area contributed by atoms with Gasteiger partial charge in [-0.15, -0.1) is 0 Å². The Labute approximate surface area is 199 Å². The third-order valence-corrected chi connectivity index (χ3v) is 5.02. The van der Waals surface area contributed by atoms with Crippen LogP contribution < -0.4 is 14.8 Å². The van der Waals surface area contributed by atoms with Crippen LogP contribution in [0.15, 0.2) is 36.4 Å². The number of halogens is 1. The van der Waals surface area contributed by atoms with Gasteiger partial charge in [0.05, 0.1) is 37.6 Å². The minimum atomic E-state index is -0.636. The zero-order valence-electron chi connectivity index (χ0n) is 20.0. The number of nitrogens with one attached hydrogen (secondary N) is 1. The van der Waals surface area contributed by atoms with Gasteiger partial charge < -0.3 is 24.4 Å². The van der Waals surface area contributed by atoms with Gasteiger partial charge in [0.2, 0.25) is 5.91 Å². The number of benzene rings is 2. The van der Waals surface area contributed by atoms with Crippen LogP contribution in [0.1, 0.15) is 53.8 Å². The van der Waals surface area contributed by atoms with Crippen LogP contribution in [-0.2, 0) is 9.53 Å². The summed E-state index contributed by atoms with van der Waals surface area (Å²) in [6, 6.07) is 8.85. The van der Waals surface area contributed by atoms with E-state index in [-0.39, 0.29) is 41.7 Å². The van der Waals surface area contributed by atoms with Crippen molar-refractivity contribution >= 4 is 23.5 Å². The second kappa shape index (κ2) is 13.2. The molecule has 34 heavy (non-hydrogen) atoms. The highest BCUT2D eigenvalue weighted by Crippen LogP contribution is 2.34. The van der Waals surface area contributed by atoms with Crippen molar-refractivity contribution in [3.63, 3.8) is 0 Å². The molecular formula is C25H31FN2O6. The average Bonchev–Trinajstić information content (AvgIpc) is 2.85. The lowest BCUT2D eigenvalue weighted by atomic mass is 10.1. The molecule has 0 unspecified atom stereocenters. The zero-order valence-corrected chi connectivity index (χ0v) is 20.0. The highest BCUT2D eigenvalue weighted by Gasteiger charge is 2.20. The van der Waals surface area contributed by atoms with E-state index in [9.17, 15) is 18.8 Å². The fraction of sp³-hybridized carbons (Fsp3) is 0.400. The average molecular weight is 475 g/mol. The monoisotopic (exact) mass is 474 g/mol. The summed E-state index contributed by atoms with van der Waals surface area (Å²) in [5.74, 6) is -1.21. The minimum Gasteiger partial charge on any atom is -0.493 e. The first kappa shape index (κ1) is 26.6. The molecule has 2 aromatic carbocycles. The van der Waals surface area contributed by atoms with Crippen molar-refractivity contribution in [1.82, 2.24) is 4.90 Å². The molecule has 2 amide bonds. The molecule has 184 valence electrons. The van der Waals surface area contributed by atoms with Gasteiger partial charge >= 0.3 is 5.97 Å². The zero-order chi connectivity index (χ0) is 25.1. The van der Waals surface area contributed by atoms with Crippen molar-refractivity contribution in [2.24, 2.45) is 0 Å². The third kappa shape index (κ3) is 6.94. The number of esters is 1. The Morgan fingerprint density at radius 3 is 2.35 bits per heavy atom. The van der Waals surface area contributed by atoms with Gasteiger partial charge in [0.25, 0.3) is 5.91 Å². The van der Waals surface area contributed by atoms with Gasteiger partial charge in [0.15, 0.2) is 11.5 Å². The van der Waals surface area contributed by atoms with E-state index in [4.69, 9.17) is 14.2 Å². The number of anilines is 1. The summed E-state index contributed by atoms with van der Waals surface area (Å²) in [6.45, 7) is 4.69. The maximum atomic E-state index is 14.1. The van der Waals surface area contributed by atoms with E-state index in [2.05, 4.69) is 5.32 Å². The van der Waals surface area contributed by atoms with E-state index in [1.165, 1.54) is 38.5 Å². The van der Waals surface area contributed by atoms with E-state index in [1.54, 1.807) is 24.0 Å². The molecule has 0 fully saturated rings. The third-order valence-electron chi connectivity index (χ3n) is 5.02. The van der Waals surface area contributed by atoms with E-state index in [1.807, 2.05) is 6.92 Å². The van der Waals surface area contributed by atoms with Crippen LogP contribution >= 0.6 is 0 Å². The number of nitrogens with zero attached hydrogens (tertiary/aromatic N) is 1. The topological polar surface area (TPSA) is 94.2 Å².